The van der Waals surface area contributed by atoms with Crippen molar-refractivity contribution in [1.82, 2.24) is 4.98 Å². The van der Waals surface area contributed by atoms with Gasteiger partial charge in [0.25, 0.3) is 5.56 Å². The van der Waals surface area contributed by atoms with Crippen molar-refractivity contribution in [1.29, 1.82) is 5.26 Å². The summed E-state index contributed by atoms with van der Waals surface area (Å²) in [6.07, 6.45) is 0. The first kappa shape index (κ1) is 16.5. The van der Waals surface area contributed by atoms with Gasteiger partial charge in [-0.15, -0.1) is 0 Å². The number of nitriles is 1. The molecule has 0 unspecified atom stereocenters. The van der Waals surface area contributed by atoms with Gasteiger partial charge in [-0.25, -0.2) is 4.39 Å². The van der Waals surface area contributed by atoms with Crippen molar-refractivity contribution in [3.8, 4) is 22.9 Å². The maximum absolute atomic E-state index is 13.2. The van der Waals surface area contributed by atoms with Crippen LogP contribution in [0.5, 0.6) is 5.75 Å². The van der Waals surface area contributed by atoms with Gasteiger partial charge in [0.1, 0.15) is 29.8 Å². The van der Waals surface area contributed by atoms with Crippen LogP contribution in [-0.4, -0.2) is 4.98 Å². The molecule has 0 spiro atoms. The second-order valence-corrected chi connectivity index (χ2v) is 5.63. The van der Waals surface area contributed by atoms with Gasteiger partial charge in [-0.2, -0.15) is 5.26 Å². The minimum atomic E-state index is -0.413. The number of halogens is 1. The molecule has 0 amide bonds. The van der Waals surface area contributed by atoms with E-state index in [0.29, 0.717) is 22.6 Å². The minimum absolute atomic E-state index is 0.0629. The zero-order chi connectivity index (χ0) is 17.8. The molecule has 3 aromatic rings. The maximum atomic E-state index is 13.2. The topological polar surface area (TPSA) is 65.9 Å². The Balaban J connectivity index is 1.90. The van der Waals surface area contributed by atoms with E-state index in [1.165, 1.54) is 12.1 Å². The Morgan fingerprint density at radius 1 is 1.16 bits per heavy atom. The fourth-order valence-corrected chi connectivity index (χ4v) is 2.57. The molecule has 1 aromatic heterocycles. The Kier molecular flexibility index (Phi) is 4.62. The number of hydrogen-bond donors (Lipinski definition) is 1. The number of H-pyrrole nitrogens is 1. The van der Waals surface area contributed by atoms with E-state index in [0.717, 1.165) is 5.56 Å². The van der Waals surface area contributed by atoms with Gasteiger partial charge in [-0.1, -0.05) is 24.3 Å². The average molecular weight is 334 g/mol. The third kappa shape index (κ3) is 3.75. The molecule has 1 N–H and O–H groups in total. The fourth-order valence-electron chi connectivity index (χ4n) is 2.57. The van der Waals surface area contributed by atoms with Gasteiger partial charge in [-0.3, -0.25) is 4.79 Å². The van der Waals surface area contributed by atoms with E-state index in [2.05, 4.69) is 4.98 Å². The van der Waals surface area contributed by atoms with E-state index >= 15 is 0 Å². The zero-order valence-electron chi connectivity index (χ0n) is 13.5. The summed E-state index contributed by atoms with van der Waals surface area (Å²) in [5.41, 5.74) is 2.30. The molecule has 25 heavy (non-hydrogen) atoms. The predicted octanol–water partition coefficient (Wildman–Crippen LogP) is 3.94. The summed E-state index contributed by atoms with van der Waals surface area (Å²) in [5.74, 6) is 0.260. The van der Waals surface area contributed by atoms with Crippen molar-refractivity contribution in [3.05, 3.63) is 87.6 Å². The third-order valence-corrected chi connectivity index (χ3v) is 3.72. The number of rotatable bonds is 4. The van der Waals surface area contributed by atoms with E-state index in [1.807, 2.05) is 12.1 Å². The summed E-state index contributed by atoms with van der Waals surface area (Å²) in [7, 11) is 0. The number of aryl methyl sites for hydroxylation is 1. The van der Waals surface area contributed by atoms with Crippen LogP contribution in [0.15, 0.2) is 59.4 Å². The van der Waals surface area contributed by atoms with Crippen LogP contribution in [0.1, 0.15) is 16.8 Å². The zero-order valence-corrected chi connectivity index (χ0v) is 13.5. The molecule has 5 heteroatoms. The minimum Gasteiger partial charge on any atom is -0.489 e. The number of hydrogen-bond acceptors (Lipinski definition) is 3. The quantitative estimate of drug-likeness (QED) is 0.786. The number of aromatic nitrogens is 1. The van der Waals surface area contributed by atoms with Crippen molar-refractivity contribution >= 4 is 0 Å². The Morgan fingerprint density at radius 3 is 2.72 bits per heavy atom. The lowest BCUT2D eigenvalue weighted by atomic mass is 10.0. The largest absolute Gasteiger partial charge is 0.489 e. The molecule has 1 heterocycles. The summed E-state index contributed by atoms with van der Waals surface area (Å²) in [5, 5.41) is 9.26. The molecule has 0 aliphatic heterocycles. The molecule has 0 aliphatic rings. The van der Waals surface area contributed by atoms with E-state index in [4.69, 9.17) is 4.74 Å². The monoisotopic (exact) mass is 334 g/mol. The Bertz CT molecular complexity index is 1020. The van der Waals surface area contributed by atoms with Crippen LogP contribution >= 0.6 is 0 Å². The van der Waals surface area contributed by atoms with E-state index in [9.17, 15) is 14.4 Å². The number of aromatic amines is 1. The standard InChI is InChI=1S/C20H15FN2O2/c1-13-8-18(19(11-22)20(24)23-13)15-5-3-7-17(10-15)25-12-14-4-2-6-16(21)9-14/h2-10H,12H2,1H3,(H,23,24). The number of benzene rings is 2. The number of nitrogens with zero attached hydrogens (tertiary/aromatic N) is 1. The first-order valence-corrected chi connectivity index (χ1v) is 7.68. The lowest BCUT2D eigenvalue weighted by Gasteiger charge is -2.10. The third-order valence-electron chi connectivity index (χ3n) is 3.72. The van der Waals surface area contributed by atoms with Gasteiger partial charge in [0.2, 0.25) is 0 Å². The highest BCUT2D eigenvalue weighted by molar-refractivity contribution is 5.71. The summed E-state index contributed by atoms with van der Waals surface area (Å²) >= 11 is 0. The molecule has 0 aliphatic carbocycles. The second kappa shape index (κ2) is 7.02. The molecule has 0 saturated heterocycles. The molecule has 124 valence electrons. The predicted molar refractivity (Wildman–Crippen MR) is 92.7 cm³/mol. The second-order valence-electron chi connectivity index (χ2n) is 5.63. The van der Waals surface area contributed by atoms with Crippen LogP contribution < -0.4 is 10.3 Å². The first-order valence-electron chi connectivity index (χ1n) is 7.68. The molecule has 2 aromatic carbocycles. The highest BCUT2D eigenvalue weighted by Crippen LogP contribution is 2.26. The number of nitrogens with one attached hydrogen (secondary N) is 1. The Hall–Kier alpha value is -3.39. The number of ether oxygens (including phenoxy) is 1. The fraction of sp³-hybridized carbons (Fsp3) is 0.100. The van der Waals surface area contributed by atoms with Crippen LogP contribution in [0, 0.1) is 24.1 Å². The molecular formula is C20H15FN2O2. The lowest BCUT2D eigenvalue weighted by Crippen LogP contribution is -2.12. The molecule has 0 bridgehead atoms. The lowest BCUT2D eigenvalue weighted by molar-refractivity contribution is 0.305. The van der Waals surface area contributed by atoms with Crippen molar-refractivity contribution in [3.63, 3.8) is 0 Å². The summed E-state index contributed by atoms with van der Waals surface area (Å²) < 4.78 is 18.9. The van der Waals surface area contributed by atoms with E-state index in [-0.39, 0.29) is 18.0 Å². The highest BCUT2D eigenvalue weighted by atomic mass is 19.1. The highest BCUT2D eigenvalue weighted by Gasteiger charge is 2.11. The smallest absolute Gasteiger partial charge is 0.266 e. The average Bonchev–Trinajstić information content (AvgIpc) is 2.60. The molecule has 4 nitrogen and oxygen atoms in total. The van der Waals surface area contributed by atoms with Crippen molar-refractivity contribution in [2.24, 2.45) is 0 Å². The van der Waals surface area contributed by atoms with Gasteiger partial charge < -0.3 is 9.72 Å². The van der Waals surface area contributed by atoms with Crippen molar-refractivity contribution < 1.29 is 9.13 Å². The Labute approximate surface area is 144 Å². The van der Waals surface area contributed by atoms with Crippen molar-refractivity contribution in [2.45, 2.75) is 13.5 Å². The first-order chi connectivity index (χ1) is 12.1. The van der Waals surface area contributed by atoms with Gasteiger partial charge in [0.05, 0.1) is 0 Å². The normalized spacial score (nSPS) is 10.3. The van der Waals surface area contributed by atoms with Crippen LogP contribution in [0.4, 0.5) is 4.39 Å². The molecule has 0 atom stereocenters. The summed E-state index contributed by atoms with van der Waals surface area (Å²) in [4.78, 5) is 14.6. The van der Waals surface area contributed by atoms with Crippen molar-refractivity contribution in [2.75, 3.05) is 0 Å². The van der Waals surface area contributed by atoms with Gasteiger partial charge in [0.15, 0.2) is 0 Å². The Morgan fingerprint density at radius 2 is 1.96 bits per heavy atom. The summed E-state index contributed by atoms with van der Waals surface area (Å²) in [6.45, 7) is 1.98. The van der Waals surface area contributed by atoms with E-state index in [1.54, 1.807) is 43.3 Å². The molecular weight excluding hydrogens is 319 g/mol. The van der Waals surface area contributed by atoms with Gasteiger partial charge >= 0.3 is 0 Å². The molecule has 0 saturated carbocycles. The van der Waals surface area contributed by atoms with Crippen LogP contribution in [-0.2, 0) is 6.61 Å². The SMILES string of the molecule is Cc1cc(-c2cccc(OCc3cccc(F)c3)c2)c(C#N)c(=O)[nH]1. The number of pyridine rings is 1. The van der Waals surface area contributed by atoms with E-state index < -0.39 is 5.56 Å². The molecule has 0 fully saturated rings. The maximum Gasteiger partial charge on any atom is 0.266 e. The molecule has 0 radical (unpaired) electrons. The van der Waals surface area contributed by atoms with Crippen LogP contribution in [0.3, 0.4) is 0 Å². The molecule has 3 rings (SSSR count). The van der Waals surface area contributed by atoms with Crippen LogP contribution in [0.25, 0.3) is 11.1 Å². The van der Waals surface area contributed by atoms with Gasteiger partial charge in [-0.05, 0) is 48.4 Å². The van der Waals surface area contributed by atoms with Gasteiger partial charge in [0, 0.05) is 11.3 Å². The van der Waals surface area contributed by atoms with Crippen LogP contribution in [0.2, 0.25) is 0 Å². The summed E-state index contributed by atoms with van der Waals surface area (Å²) in [6, 6.07) is 17.0.